The molecule has 0 bridgehead atoms. The minimum atomic E-state index is -1.24. The number of allylic oxidation sites excluding steroid dienone is 1. The Bertz CT molecular complexity index is 701. The van der Waals surface area contributed by atoms with E-state index in [0.717, 1.165) is 44.1 Å². The molecule has 0 aromatic heterocycles. The Labute approximate surface area is 160 Å². The van der Waals surface area contributed by atoms with Gasteiger partial charge in [0.25, 0.3) is 0 Å². The molecule has 0 unspecified atom stereocenters. The standard InChI is InChI=1S/C21H31NO5/c1-20-9-7-15-13(14(20)5-3-12(20)11-18(24)25)4-6-16-19(22(26)27)17(23)8-10-21(15,16)2/h12-15,18,24-25H,3-11H2,1-2H3/t12-,13+,14+,15+,20-,21-/m1/s1. The molecule has 0 radical (unpaired) electrons. The Balaban J connectivity index is 1.67. The molecule has 0 aliphatic heterocycles. The van der Waals surface area contributed by atoms with Gasteiger partial charge >= 0.3 is 5.70 Å². The first-order valence-corrected chi connectivity index (χ1v) is 10.5. The zero-order valence-electron chi connectivity index (χ0n) is 16.3. The summed E-state index contributed by atoms with van der Waals surface area (Å²) in [6.07, 6.45) is 6.05. The first-order chi connectivity index (χ1) is 12.7. The SMILES string of the molecule is C[C@]12CC[C@H]3[C@@H](CCC4=C([N+](=O)[O-])C(=O)CC[C@@]43C)[C@@H]1CC[C@@H]2CC(O)O. The topological polar surface area (TPSA) is 101 Å². The molecule has 0 spiro atoms. The Morgan fingerprint density at radius 2 is 1.85 bits per heavy atom. The molecule has 0 aromatic rings. The maximum absolute atomic E-state index is 12.2. The van der Waals surface area contributed by atoms with Crippen molar-refractivity contribution in [2.75, 3.05) is 0 Å². The van der Waals surface area contributed by atoms with Crippen molar-refractivity contribution in [2.24, 2.45) is 34.5 Å². The molecule has 0 heterocycles. The zero-order valence-corrected chi connectivity index (χ0v) is 16.3. The molecule has 4 aliphatic carbocycles. The smallest absolute Gasteiger partial charge is 0.311 e. The lowest BCUT2D eigenvalue weighted by Crippen LogP contribution is -2.51. The number of Topliss-reactive ketones (excluding diaryl/α,β-unsaturated/α-hetero) is 1. The van der Waals surface area contributed by atoms with Gasteiger partial charge in [-0.1, -0.05) is 13.8 Å². The quantitative estimate of drug-likeness (QED) is 0.446. The molecule has 3 fully saturated rings. The lowest BCUT2D eigenvalue weighted by Gasteiger charge is -2.57. The van der Waals surface area contributed by atoms with Crippen LogP contribution in [0.4, 0.5) is 0 Å². The van der Waals surface area contributed by atoms with Crippen molar-refractivity contribution < 1.29 is 19.9 Å². The van der Waals surface area contributed by atoms with E-state index in [0.29, 0.717) is 42.9 Å². The molecule has 4 aliphatic rings. The molecular weight excluding hydrogens is 346 g/mol. The highest BCUT2D eigenvalue weighted by Gasteiger charge is 2.60. The molecule has 27 heavy (non-hydrogen) atoms. The van der Waals surface area contributed by atoms with Gasteiger partial charge in [-0.05, 0) is 79.4 Å². The van der Waals surface area contributed by atoms with E-state index in [1.165, 1.54) is 0 Å². The first kappa shape index (κ1) is 19.1. The summed E-state index contributed by atoms with van der Waals surface area (Å²) in [7, 11) is 0. The monoisotopic (exact) mass is 377 g/mol. The number of aliphatic hydroxyl groups excluding tert-OH is 1. The molecule has 2 N–H and O–H groups in total. The van der Waals surface area contributed by atoms with Gasteiger partial charge in [-0.3, -0.25) is 14.9 Å². The van der Waals surface area contributed by atoms with Gasteiger partial charge in [0.15, 0.2) is 6.29 Å². The minimum Gasteiger partial charge on any atom is -0.368 e. The number of fused-ring (bicyclic) bond motifs is 5. The van der Waals surface area contributed by atoms with Gasteiger partial charge in [0.1, 0.15) is 0 Å². The van der Waals surface area contributed by atoms with E-state index >= 15 is 0 Å². The van der Waals surface area contributed by atoms with Crippen molar-refractivity contribution in [3.05, 3.63) is 21.4 Å². The Morgan fingerprint density at radius 1 is 1.11 bits per heavy atom. The molecular formula is C21H31NO5. The number of ketones is 1. The van der Waals surface area contributed by atoms with Gasteiger partial charge in [0, 0.05) is 18.4 Å². The number of aliphatic hydroxyl groups is 2. The second-order valence-corrected chi connectivity index (χ2v) is 9.88. The van der Waals surface area contributed by atoms with Crippen LogP contribution in [0.25, 0.3) is 0 Å². The Hall–Kier alpha value is -1.27. The van der Waals surface area contributed by atoms with Crippen molar-refractivity contribution in [3.8, 4) is 0 Å². The molecule has 0 saturated heterocycles. The van der Waals surface area contributed by atoms with Crippen LogP contribution in [-0.2, 0) is 4.79 Å². The summed E-state index contributed by atoms with van der Waals surface area (Å²) < 4.78 is 0. The fourth-order valence-electron chi connectivity index (χ4n) is 7.65. The molecule has 6 heteroatoms. The maximum Gasteiger partial charge on any atom is 0.311 e. The van der Waals surface area contributed by atoms with Crippen LogP contribution in [0.5, 0.6) is 0 Å². The molecule has 0 amide bonds. The number of nitro groups is 1. The van der Waals surface area contributed by atoms with E-state index in [2.05, 4.69) is 13.8 Å². The van der Waals surface area contributed by atoms with E-state index in [9.17, 15) is 25.1 Å². The van der Waals surface area contributed by atoms with Gasteiger partial charge in [-0.15, -0.1) is 0 Å². The van der Waals surface area contributed by atoms with Crippen LogP contribution in [0, 0.1) is 44.6 Å². The number of hydrogen-bond donors (Lipinski definition) is 2. The average molecular weight is 377 g/mol. The lowest BCUT2D eigenvalue weighted by atomic mass is 9.46. The van der Waals surface area contributed by atoms with Gasteiger partial charge in [0.05, 0.1) is 4.92 Å². The average Bonchev–Trinajstić information content (AvgIpc) is 2.91. The van der Waals surface area contributed by atoms with E-state index < -0.39 is 11.2 Å². The third-order valence-corrected chi connectivity index (χ3v) is 8.97. The minimum absolute atomic E-state index is 0.108. The third-order valence-electron chi connectivity index (χ3n) is 8.97. The van der Waals surface area contributed by atoms with Crippen LogP contribution in [-0.4, -0.2) is 27.2 Å². The molecule has 6 nitrogen and oxygen atoms in total. The highest BCUT2D eigenvalue weighted by atomic mass is 16.6. The largest absolute Gasteiger partial charge is 0.368 e. The summed E-state index contributed by atoms with van der Waals surface area (Å²) in [5.41, 5.74) is 0.616. The van der Waals surface area contributed by atoms with Crippen molar-refractivity contribution >= 4 is 5.78 Å². The van der Waals surface area contributed by atoms with Crippen LogP contribution < -0.4 is 0 Å². The third kappa shape index (κ3) is 2.70. The summed E-state index contributed by atoms with van der Waals surface area (Å²) in [4.78, 5) is 23.4. The Kier molecular flexibility index (Phi) is 4.50. The lowest BCUT2D eigenvalue weighted by molar-refractivity contribution is -0.422. The van der Waals surface area contributed by atoms with Gasteiger partial charge < -0.3 is 10.2 Å². The number of nitrogens with zero attached hydrogens (tertiary/aromatic N) is 1. The predicted molar refractivity (Wildman–Crippen MR) is 99.0 cm³/mol. The maximum atomic E-state index is 12.2. The van der Waals surface area contributed by atoms with Crippen LogP contribution in [0.15, 0.2) is 11.3 Å². The highest BCUT2D eigenvalue weighted by molar-refractivity contribution is 5.95. The molecule has 4 rings (SSSR count). The molecule has 150 valence electrons. The predicted octanol–water partition coefficient (Wildman–Crippen LogP) is 3.44. The number of hydrogen-bond acceptors (Lipinski definition) is 5. The van der Waals surface area contributed by atoms with Crippen molar-refractivity contribution in [3.63, 3.8) is 0 Å². The highest BCUT2D eigenvalue weighted by Crippen LogP contribution is 2.67. The molecule has 6 atom stereocenters. The fourth-order valence-corrected chi connectivity index (χ4v) is 7.65. The van der Waals surface area contributed by atoms with Crippen molar-refractivity contribution in [1.29, 1.82) is 0 Å². The van der Waals surface area contributed by atoms with Gasteiger partial charge in [0.2, 0.25) is 5.78 Å². The number of rotatable bonds is 3. The van der Waals surface area contributed by atoms with E-state index in [1.807, 2.05) is 0 Å². The van der Waals surface area contributed by atoms with Crippen molar-refractivity contribution in [1.82, 2.24) is 0 Å². The molecule has 3 saturated carbocycles. The van der Waals surface area contributed by atoms with Crippen LogP contribution >= 0.6 is 0 Å². The normalized spacial score (nSPS) is 44.1. The molecule has 0 aromatic carbocycles. The van der Waals surface area contributed by atoms with Gasteiger partial charge in [-0.2, -0.15) is 0 Å². The summed E-state index contributed by atoms with van der Waals surface area (Å²) in [6, 6.07) is 0. The van der Waals surface area contributed by atoms with Crippen LogP contribution in [0.2, 0.25) is 0 Å². The summed E-state index contributed by atoms with van der Waals surface area (Å²) in [6.45, 7) is 4.50. The van der Waals surface area contributed by atoms with Crippen LogP contribution in [0.1, 0.15) is 71.6 Å². The van der Waals surface area contributed by atoms with Gasteiger partial charge in [-0.25, -0.2) is 0 Å². The summed E-state index contributed by atoms with van der Waals surface area (Å²) in [5.74, 6) is 1.54. The van der Waals surface area contributed by atoms with E-state index in [-0.39, 0.29) is 22.3 Å². The van der Waals surface area contributed by atoms with Crippen LogP contribution in [0.3, 0.4) is 0 Å². The zero-order chi connectivity index (χ0) is 19.6. The number of carbonyl (C=O) groups is 1. The van der Waals surface area contributed by atoms with E-state index in [4.69, 9.17) is 0 Å². The second kappa shape index (κ2) is 6.38. The summed E-state index contributed by atoms with van der Waals surface area (Å²) in [5, 5.41) is 30.6. The van der Waals surface area contributed by atoms with Crippen molar-refractivity contribution in [2.45, 2.75) is 77.9 Å². The fraction of sp³-hybridized carbons (Fsp3) is 0.857. The second-order valence-electron chi connectivity index (χ2n) is 9.88. The summed E-state index contributed by atoms with van der Waals surface area (Å²) >= 11 is 0. The number of carbonyl (C=O) groups excluding carboxylic acids is 1. The Morgan fingerprint density at radius 3 is 2.52 bits per heavy atom. The van der Waals surface area contributed by atoms with E-state index in [1.54, 1.807) is 0 Å². The first-order valence-electron chi connectivity index (χ1n) is 10.5.